The molecule has 0 aliphatic heterocycles. The molecule has 1 saturated carbocycles. The zero-order valence-corrected chi connectivity index (χ0v) is 11.2. The van der Waals surface area contributed by atoms with Crippen molar-refractivity contribution in [3.05, 3.63) is 0 Å². The summed E-state index contributed by atoms with van der Waals surface area (Å²) in [5.41, 5.74) is 0.509. The zero-order chi connectivity index (χ0) is 11.9. The van der Waals surface area contributed by atoms with Crippen molar-refractivity contribution in [3.8, 4) is 0 Å². The van der Waals surface area contributed by atoms with Crippen LogP contribution in [0, 0.1) is 5.41 Å². The predicted octanol–water partition coefficient (Wildman–Crippen LogP) is 1.73. The van der Waals surface area contributed by atoms with Crippen molar-refractivity contribution in [2.24, 2.45) is 5.41 Å². The van der Waals surface area contributed by atoms with Gasteiger partial charge >= 0.3 is 0 Å². The summed E-state index contributed by atoms with van der Waals surface area (Å²) in [7, 11) is 6.06. The predicted molar refractivity (Wildman–Crippen MR) is 68.8 cm³/mol. The highest BCUT2D eigenvalue weighted by molar-refractivity contribution is 4.86. The second-order valence-electron chi connectivity index (χ2n) is 5.32. The van der Waals surface area contributed by atoms with Gasteiger partial charge in [-0.2, -0.15) is 0 Å². The van der Waals surface area contributed by atoms with Gasteiger partial charge in [-0.1, -0.05) is 19.3 Å². The number of nitrogens with zero attached hydrogens (tertiary/aromatic N) is 1. The van der Waals surface area contributed by atoms with Gasteiger partial charge in [0.05, 0.1) is 6.61 Å². The van der Waals surface area contributed by atoms with Crippen LogP contribution in [-0.2, 0) is 4.74 Å². The quantitative estimate of drug-likeness (QED) is 0.718. The molecule has 0 unspecified atom stereocenters. The highest BCUT2D eigenvalue weighted by Gasteiger charge is 2.32. The van der Waals surface area contributed by atoms with Gasteiger partial charge in [-0.25, -0.2) is 0 Å². The fourth-order valence-electron chi connectivity index (χ4n) is 2.97. The van der Waals surface area contributed by atoms with Crippen LogP contribution in [0.3, 0.4) is 0 Å². The van der Waals surface area contributed by atoms with Crippen molar-refractivity contribution >= 4 is 0 Å². The van der Waals surface area contributed by atoms with Crippen molar-refractivity contribution in [2.45, 2.75) is 32.1 Å². The molecule has 0 heterocycles. The van der Waals surface area contributed by atoms with Crippen molar-refractivity contribution in [1.29, 1.82) is 0 Å². The summed E-state index contributed by atoms with van der Waals surface area (Å²) in [6.07, 6.45) is 6.99. The van der Waals surface area contributed by atoms with Gasteiger partial charge in [0.1, 0.15) is 0 Å². The Morgan fingerprint density at radius 1 is 1.25 bits per heavy atom. The highest BCUT2D eigenvalue weighted by atomic mass is 16.5. The largest absolute Gasteiger partial charge is 0.383 e. The number of rotatable bonds is 7. The molecule has 0 atom stereocenters. The number of methoxy groups -OCH3 is 1. The van der Waals surface area contributed by atoms with E-state index in [-0.39, 0.29) is 0 Å². The summed E-state index contributed by atoms with van der Waals surface area (Å²) in [5, 5.41) is 3.38. The Morgan fingerprint density at radius 3 is 2.50 bits per heavy atom. The van der Waals surface area contributed by atoms with Crippen LogP contribution in [0.4, 0.5) is 0 Å². The van der Waals surface area contributed by atoms with Gasteiger partial charge in [0, 0.05) is 26.7 Å². The van der Waals surface area contributed by atoms with Gasteiger partial charge < -0.3 is 15.0 Å². The van der Waals surface area contributed by atoms with Crippen LogP contribution in [0.1, 0.15) is 32.1 Å². The number of likely N-dealkylation sites (N-methyl/N-ethyl adjacent to an activating group) is 1. The molecule has 0 saturated heterocycles. The van der Waals surface area contributed by atoms with E-state index in [1.165, 1.54) is 38.6 Å². The Hall–Kier alpha value is -0.120. The lowest BCUT2D eigenvalue weighted by Gasteiger charge is -2.40. The Labute approximate surface area is 101 Å². The van der Waals surface area contributed by atoms with E-state index in [0.29, 0.717) is 5.41 Å². The molecule has 0 radical (unpaired) electrons. The Balaban J connectivity index is 2.42. The molecule has 0 aromatic heterocycles. The van der Waals surface area contributed by atoms with E-state index in [1.807, 2.05) is 0 Å². The van der Waals surface area contributed by atoms with E-state index >= 15 is 0 Å². The SMILES string of the molecule is CNCC1(CN(C)CCOC)CCCCC1. The summed E-state index contributed by atoms with van der Waals surface area (Å²) < 4.78 is 5.14. The molecule has 1 rings (SSSR count). The first kappa shape index (κ1) is 13.9. The van der Waals surface area contributed by atoms with Crippen molar-refractivity contribution in [3.63, 3.8) is 0 Å². The third-order valence-electron chi connectivity index (χ3n) is 3.75. The van der Waals surface area contributed by atoms with Crippen LogP contribution >= 0.6 is 0 Å². The van der Waals surface area contributed by atoms with Gasteiger partial charge in [-0.15, -0.1) is 0 Å². The molecule has 1 aliphatic carbocycles. The van der Waals surface area contributed by atoms with Crippen LogP contribution in [0.5, 0.6) is 0 Å². The third kappa shape index (κ3) is 4.40. The fraction of sp³-hybridized carbons (Fsp3) is 1.00. The smallest absolute Gasteiger partial charge is 0.0589 e. The minimum atomic E-state index is 0.509. The molecule has 96 valence electrons. The average molecular weight is 228 g/mol. The molecule has 0 amide bonds. The standard InChI is InChI=1S/C13H28N2O/c1-14-11-13(7-5-4-6-8-13)12-15(2)9-10-16-3/h14H,4-12H2,1-3H3. The summed E-state index contributed by atoms with van der Waals surface area (Å²) in [4.78, 5) is 2.42. The van der Waals surface area contributed by atoms with Crippen LogP contribution in [-0.4, -0.2) is 52.3 Å². The Morgan fingerprint density at radius 2 is 1.94 bits per heavy atom. The van der Waals surface area contributed by atoms with E-state index in [2.05, 4.69) is 24.3 Å². The van der Waals surface area contributed by atoms with Gasteiger partial charge in [0.25, 0.3) is 0 Å². The second kappa shape index (κ2) is 7.25. The molecule has 3 nitrogen and oxygen atoms in total. The molecular formula is C13H28N2O. The second-order valence-corrected chi connectivity index (χ2v) is 5.32. The molecular weight excluding hydrogens is 200 g/mol. The monoisotopic (exact) mass is 228 g/mol. The number of hydrogen-bond donors (Lipinski definition) is 1. The normalized spacial score (nSPS) is 20.2. The lowest BCUT2D eigenvalue weighted by Crippen LogP contribution is -2.44. The van der Waals surface area contributed by atoms with Crippen LogP contribution in [0.25, 0.3) is 0 Å². The molecule has 16 heavy (non-hydrogen) atoms. The maximum Gasteiger partial charge on any atom is 0.0589 e. The molecule has 1 N–H and O–H groups in total. The summed E-state index contributed by atoms with van der Waals surface area (Å²) in [6, 6.07) is 0. The first-order chi connectivity index (χ1) is 7.72. The van der Waals surface area contributed by atoms with Crippen LogP contribution in [0.2, 0.25) is 0 Å². The van der Waals surface area contributed by atoms with E-state index < -0.39 is 0 Å². The Kier molecular flexibility index (Phi) is 6.32. The molecule has 1 aliphatic rings. The lowest BCUT2D eigenvalue weighted by molar-refractivity contribution is 0.0955. The number of hydrogen-bond acceptors (Lipinski definition) is 3. The van der Waals surface area contributed by atoms with Crippen LogP contribution < -0.4 is 5.32 Å². The summed E-state index contributed by atoms with van der Waals surface area (Å²) in [6.45, 7) is 4.25. The van der Waals surface area contributed by atoms with Gasteiger partial charge in [0.2, 0.25) is 0 Å². The number of nitrogens with one attached hydrogen (secondary N) is 1. The average Bonchev–Trinajstić information content (AvgIpc) is 2.28. The van der Waals surface area contributed by atoms with Gasteiger partial charge in [0.15, 0.2) is 0 Å². The van der Waals surface area contributed by atoms with Crippen molar-refractivity contribution in [2.75, 3.05) is 47.4 Å². The molecule has 0 bridgehead atoms. The van der Waals surface area contributed by atoms with E-state index in [9.17, 15) is 0 Å². The third-order valence-corrected chi connectivity index (χ3v) is 3.75. The molecule has 1 fully saturated rings. The minimum absolute atomic E-state index is 0.509. The van der Waals surface area contributed by atoms with Crippen molar-refractivity contribution in [1.82, 2.24) is 10.2 Å². The van der Waals surface area contributed by atoms with Gasteiger partial charge in [-0.05, 0) is 32.4 Å². The first-order valence-corrected chi connectivity index (χ1v) is 6.54. The maximum absolute atomic E-state index is 5.14. The molecule has 0 spiro atoms. The fourth-order valence-corrected chi connectivity index (χ4v) is 2.97. The molecule has 3 heteroatoms. The molecule has 0 aromatic carbocycles. The topological polar surface area (TPSA) is 24.5 Å². The first-order valence-electron chi connectivity index (χ1n) is 6.54. The summed E-state index contributed by atoms with van der Waals surface area (Å²) >= 11 is 0. The van der Waals surface area contributed by atoms with Crippen molar-refractivity contribution < 1.29 is 4.74 Å². The van der Waals surface area contributed by atoms with E-state index in [4.69, 9.17) is 4.74 Å². The highest BCUT2D eigenvalue weighted by Crippen LogP contribution is 2.36. The Bertz CT molecular complexity index is 173. The number of ether oxygens (including phenoxy) is 1. The maximum atomic E-state index is 5.14. The van der Waals surface area contributed by atoms with Crippen LogP contribution in [0.15, 0.2) is 0 Å². The molecule has 0 aromatic rings. The van der Waals surface area contributed by atoms with E-state index in [0.717, 1.165) is 19.7 Å². The zero-order valence-electron chi connectivity index (χ0n) is 11.2. The lowest BCUT2D eigenvalue weighted by atomic mass is 9.73. The van der Waals surface area contributed by atoms with E-state index in [1.54, 1.807) is 7.11 Å². The summed E-state index contributed by atoms with van der Waals surface area (Å²) in [5.74, 6) is 0. The van der Waals surface area contributed by atoms with Gasteiger partial charge in [-0.3, -0.25) is 0 Å². The minimum Gasteiger partial charge on any atom is -0.383 e.